The first kappa shape index (κ1) is 14.3. The zero-order valence-electron chi connectivity index (χ0n) is 13.7. The average molecular weight is 310 g/mol. The van der Waals surface area contributed by atoms with E-state index < -0.39 is 0 Å². The maximum atomic E-state index is 5.27. The minimum atomic E-state index is 0.509. The van der Waals surface area contributed by atoms with Gasteiger partial charge in [0.2, 0.25) is 5.78 Å². The average Bonchev–Trinajstić information content (AvgIpc) is 3.16. The lowest BCUT2D eigenvalue weighted by Gasteiger charge is -2.24. The summed E-state index contributed by atoms with van der Waals surface area (Å²) in [5, 5.41) is 3.74. The Bertz CT molecular complexity index is 813. The van der Waals surface area contributed by atoms with Crippen molar-refractivity contribution in [3.8, 4) is 11.3 Å². The standard InChI is InChI=1S/C18H22N4O/c1-12-10-13(2)22-17(20-15-6-4-3-5-7-15)16(21-18(22)19-12)14-8-9-23-11-14/h8-11,15,20H,3-7H2,1-2H3. The van der Waals surface area contributed by atoms with Crippen LogP contribution in [0.1, 0.15) is 43.5 Å². The van der Waals surface area contributed by atoms with E-state index in [0.29, 0.717) is 6.04 Å². The third kappa shape index (κ3) is 2.60. The fraction of sp³-hybridized carbons (Fsp3) is 0.444. The highest BCUT2D eigenvalue weighted by molar-refractivity contribution is 5.75. The number of nitrogens with zero attached hydrogens (tertiary/aromatic N) is 3. The molecule has 23 heavy (non-hydrogen) atoms. The number of hydrogen-bond donors (Lipinski definition) is 1. The van der Waals surface area contributed by atoms with Crippen molar-refractivity contribution in [2.45, 2.75) is 52.0 Å². The largest absolute Gasteiger partial charge is 0.472 e. The molecule has 0 atom stereocenters. The highest BCUT2D eigenvalue weighted by atomic mass is 16.3. The highest BCUT2D eigenvalue weighted by Gasteiger charge is 2.21. The van der Waals surface area contributed by atoms with Crippen LogP contribution in [0.3, 0.4) is 0 Å². The van der Waals surface area contributed by atoms with E-state index in [1.54, 1.807) is 12.5 Å². The molecule has 1 N–H and O–H groups in total. The van der Waals surface area contributed by atoms with Gasteiger partial charge in [-0.3, -0.25) is 4.40 Å². The maximum absolute atomic E-state index is 5.27. The molecule has 0 radical (unpaired) electrons. The van der Waals surface area contributed by atoms with Crippen molar-refractivity contribution >= 4 is 11.6 Å². The van der Waals surface area contributed by atoms with E-state index in [1.807, 2.05) is 13.0 Å². The van der Waals surface area contributed by atoms with Crippen LogP contribution in [0.2, 0.25) is 0 Å². The normalized spacial score (nSPS) is 16.1. The molecule has 3 heterocycles. The molecule has 3 aromatic heterocycles. The van der Waals surface area contributed by atoms with Crippen molar-refractivity contribution in [1.82, 2.24) is 14.4 Å². The second-order valence-corrected chi connectivity index (χ2v) is 6.47. The van der Waals surface area contributed by atoms with E-state index in [1.165, 1.54) is 32.1 Å². The minimum Gasteiger partial charge on any atom is -0.472 e. The number of imidazole rings is 1. The second-order valence-electron chi connectivity index (χ2n) is 6.47. The third-order valence-corrected chi connectivity index (χ3v) is 4.65. The van der Waals surface area contributed by atoms with Crippen LogP contribution >= 0.6 is 0 Å². The number of furan rings is 1. The lowest BCUT2D eigenvalue weighted by Crippen LogP contribution is -2.23. The number of aromatic nitrogens is 3. The van der Waals surface area contributed by atoms with Crippen LogP contribution in [-0.4, -0.2) is 20.4 Å². The number of rotatable bonds is 3. The Morgan fingerprint density at radius 1 is 1.17 bits per heavy atom. The predicted molar refractivity (Wildman–Crippen MR) is 90.7 cm³/mol. The molecule has 4 rings (SSSR count). The van der Waals surface area contributed by atoms with E-state index in [0.717, 1.165) is 34.2 Å². The van der Waals surface area contributed by atoms with Gasteiger partial charge in [0.25, 0.3) is 0 Å². The summed E-state index contributed by atoms with van der Waals surface area (Å²) in [4.78, 5) is 9.37. The van der Waals surface area contributed by atoms with Gasteiger partial charge >= 0.3 is 0 Å². The lowest BCUT2D eigenvalue weighted by atomic mass is 9.95. The predicted octanol–water partition coefficient (Wildman–Crippen LogP) is 4.35. The zero-order chi connectivity index (χ0) is 15.8. The third-order valence-electron chi connectivity index (χ3n) is 4.65. The second kappa shape index (κ2) is 5.72. The smallest absolute Gasteiger partial charge is 0.236 e. The van der Waals surface area contributed by atoms with Gasteiger partial charge in [0.1, 0.15) is 11.5 Å². The zero-order valence-corrected chi connectivity index (χ0v) is 13.7. The topological polar surface area (TPSA) is 55.4 Å². The molecule has 5 heteroatoms. The maximum Gasteiger partial charge on any atom is 0.236 e. The molecule has 3 aromatic rings. The molecule has 1 saturated carbocycles. The Labute approximate surface area is 135 Å². The van der Waals surface area contributed by atoms with Gasteiger partial charge < -0.3 is 9.73 Å². The molecule has 0 aromatic carbocycles. The molecule has 0 spiro atoms. The van der Waals surface area contributed by atoms with Crippen molar-refractivity contribution in [1.29, 1.82) is 0 Å². The van der Waals surface area contributed by atoms with Crippen LogP contribution in [0.25, 0.3) is 17.0 Å². The number of nitrogens with one attached hydrogen (secondary N) is 1. The summed E-state index contributed by atoms with van der Waals surface area (Å²) in [7, 11) is 0. The molecule has 120 valence electrons. The van der Waals surface area contributed by atoms with Crippen molar-refractivity contribution in [3.05, 3.63) is 36.0 Å². The molecule has 0 bridgehead atoms. The quantitative estimate of drug-likeness (QED) is 0.781. The van der Waals surface area contributed by atoms with E-state index in [2.05, 4.69) is 27.7 Å². The van der Waals surface area contributed by atoms with Crippen molar-refractivity contribution in [2.24, 2.45) is 0 Å². The van der Waals surface area contributed by atoms with Crippen LogP contribution in [-0.2, 0) is 0 Å². The molecule has 0 amide bonds. The van der Waals surface area contributed by atoms with Crippen LogP contribution in [0.15, 0.2) is 29.1 Å². The number of hydrogen-bond acceptors (Lipinski definition) is 4. The van der Waals surface area contributed by atoms with Crippen LogP contribution in [0.5, 0.6) is 0 Å². The molecule has 1 aliphatic rings. The van der Waals surface area contributed by atoms with Gasteiger partial charge in [0.15, 0.2) is 0 Å². The van der Waals surface area contributed by atoms with Crippen LogP contribution < -0.4 is 5.32 Å². The molecular weight excluding hydrogens is 288 g/mol. The monoisotopic (exact) mass is 310 g/mol. The summed E-state index contributed by atoms with van der Waals surface area (Å²) in [6.45, 7) is 4.11. The summed E-state index contributed by atoms with van der Waals surface area (Å²) in [5.41, 5.74) is 4.05. The van der Waals surface area contributed by atoms with Gasteiger partial charge in [-0.15, -0.1) is 0 Å². The minimum absolute atomic E-state index is 0.509. The van der Waals surface area contributed by atoms with Gasteiger partial charge in [-0.1, -0.05) is 19.3 Å². The van der Waals surface area contributed by atoms with E-state index >= 15 is 0 Å². The first-order valence-corrected chi connectivity index (χ1v) is 8.38. The van der Waals surface area contributed by atoms with Crippen LogP contribution in [0, 0.1) is 13.8 Å². The number of anilines is 1. The fourth-order valence-electron chi connectivity index (χ4n) is 3.55. The number of fused-ring (bicyclic) bond motifs is 1. The fourth-order valence-corrected chi connectivity index (χ4v) is 3.55. The molecule has 5 nitrogen and oxygen atoms in total. The van der Waals surface area contributed by atoms with Crippen molar-refractivity contribution < 1.29 is 4.42 Å². The van der Waals surface area contributed by atoms with Gasteiger partial charge in [-0.25, -0.2) is 9.97 Å². The SMILES string of the molecule is Cc1cc(C)n2c(NC3CCCCC3)c(-c3ccoc3)nc2n1. The first-order chi connectivity index (χ1) is 11.2. The summed E-state index contributed by atoms with van der Waals surface area (Å²) >= 11 is 0. The van der Waals surface area contributed by atoms with Crippen molar-refractivity contribution in [3.63, 3.8) is 0 Å². The molecule has 1 fully saturated rings. The Hall–Kier alpha value is -2.30. The van der Waals surface area contributed by atoms with Gasteiger partial charge in [0, 0.05) is 23.0 Å². The molecule has 0 aliphatic heterocycles. The summed E-state index contributed by atoms with van der Waals surface area (Å²) < 4.78 is 7.40. The van der Waals surface area contributed by atoms with Gasteiger partial charge in [-0.05, 0) is 38.8 Å². The molecule has 0 saturated heterocycles. The molecule has 0 unspecified atom stereocenters. The summed E-state index contributed by atoms with van der Waals surface area (Å²) in [5.74, 6) is 1.79. The molecular formula is C18H22N4O. The Morgan fingerprint density at radius 3 is 2.74 bits per heavy atom. The summed E-state index contributed by atoms with van der Waals surface area (Å²) in [6, 6.07) is 4.56. The Morgan fingerprint density at radius 2 is 2.00 bits per heavy atom. The van der Waals surface area contributed by atoms with E-state index in [4.69, 9.17) is 9.40 Å². The van der Waals surface area contributed by atoms with Gasteiger partial charge in [-0.2, -0.15) is 0 Å². The van der Waals surface area contributed by atoms with Crippen molar-refractivity contribution in [2.75, 3.05) is 5.32 Å². The highest BCUT2D eigenvalue weighted by Crippen LogP contribution is 2.32. The lowest BCUT2D eigenvalue weighted by molar-refractivity contribution is 0.461. The van der Waals surface area contributed by atoms with E-state index in [-0.39, 0.29) is 0 Å². The van der Waals surface area contributed by atoms with E-state index in [9.17, 15) is 0 Å². The molecule has 1 aliphatic carbocycles. The first-order valence-electron chi connectivity index (χ1n) is 8.38. The summed E-state index contributed by atoms with van der Waals surface area (Å²) in [6.07, 6.45) is 9.81. The Balaban J connectivity index is 1.85. The van der Waals surface area contributed by atoms with Crippen LogP contribution in [0.4, 0.5) is 5.82 Å². The van der Waals surface area contributed by atoms with Gasteiger partial charge in [0.05, 0.1) is 12.5 Å². The Kier molecular flexibility index (Phi) is 3.56. The number of aryl methyl sites for hydroxylation is 2.